The van der Waals surface area contributed by atoms with Gasteiger partial charge < -0.3 is 9.26 Å². The molecule has 27 heavy (non-hydrogen) atoms. The van der Waals surface area contributed by atoms with E-state index in [1.165, 1.54) is 6.33 Å². The lowest BCUT2D eigenvalue weighted by Crippen LogP contribution is -2.19. The van der Waals surface area contributed by atoms with Gasteiger partial charge in [0, 0.05) is 18.7 Å². The molecule has 4 aromatic rings. The Hall–Kier alpha value is -3.01. The van der Waals surface area contributed by atoms with Gasteiger partial charge in [0.05, 0.1) is 7.11 Å². The van der Waals surface area contributed by atoms with Crippen LogP contribution in [0.5, 0.6) is 5.75 Å². The smallest absolute Gasteiger partial charge is 0.226 e. The van der Waals surface area contributed by atoms with Crippen molar-refractivity contribution < 1.29 is 9.26 Å². The molecule has 0 spiro atoms. The summed E-state index contributed by atoms with van der Waals surface area (Å²) < 4.78 is 13.9. The molecule has 4 heterocycles. The second kappa shape index (κ2) is 6.02. The Morgan fingerprint density at radius 1 is 1.19 bits per heavy atom. The van der Waals surface area contributed by atoms with Gasteiger partial charge in [0.15, 0.2) is 17.3 Å². The predicted octanol–water partition coefficient (Wildman–Crippen LogP) is 2.53. The first-order valence-electron chi connectivity index (χ1n) is 8.12. The molecule has 0 bridgehead atoms. The first kappa shape index (κ1) is 17.4. The summed E-state index contributed by atoms with van der Waals surface area (Å²) in [6, 6.07) is 1.55. The standard InChI is InChI=1S/C16H17ClN8O2/c1-16(2,3)10-11(14-18-7-19-24(14)4)22-25-13(8-6-9(17)27-23-8)20-21-15(25)12(10)26-5/h6-7H,1-5H3. The first-order chi connectivity index (χ1) is 12.8. The number of methoxy groups -OCH3 is 1. The highest BCUT2D eigenvalue weighted by atomic mass is 35.5. The fraction of sp³-hybridized carbons (Fsp3) is 0.375. The molecule has 140 valence electrons. The number of ether oxygens (including phenoxy) is 1. The zero-order chi connectivity index (χ0) is 19.3. The van der Waals surface area contributed by atoms with Gasteiger partial charge in [-0.2, -0.15) is 14.7 Å². The molecule has 0 atom stereocenters. The number of nitrogens with zero attached hydrogens (tertiary/aromatic N) is 8. The summed E-state index contributed by atoms with van der Waals surface area (Å²) in [6.45, 7) is 6.20. The van der Waals surface area contributed by atoms with Gasteiger partial charge in [0.25, 0.3) is 0 Å². The lowest BCUT2D eigenvalue weighted by Gasteiger charge is -2.24. The van der Waals surface area contributed by atoms with Crippen molar-refractivity contribution in [3.63, 3.8) is 0 Å². The average Bonchev–Trinajstić information content (AvgIpc) is 3.31. The summed E-state index contributed by atoms with van der Waals surface area (Å²) in [5, 5.41) is 21.4. The first-order valence-corrected chi connectivity index (χ1v) is 8.50. The molecule has 0 N–H and O–H groups in total. The third-order valence-electron chi connectivity index (χ3n) is 4.10. The Balaban J connectivity index is 2.11. The van der Waals surface area contributed by atoms with Crippen LogP contribution in [0, 0.1) is 0 Å². The second-order valence-electron chi connectivity index (χ2n) is 6.99. The zero-order valence-corrected chi connectivity index (χ0v) is 16.2. The van der Waals surface area contributed by atoms with Gasteiger partial charge in [0.2, 0.25) is 16.7 Å². The number of hydrogen-bond acceptors (Lipinski definition) is 8. The molecule has 11 heteroatoms. The highest BCUT2D eigenvalue weighted by Gasteiger charge is 2.31. The van der Waals surface area contributed by atoms with Crippen molar-refractivity contribution in [3.05, 3.63) is 23.2 Å². The molecule has 0 aliphatic rings. The van der Waals surface area contributed by atoms with E-state index in [1.54, 1.807) is 29.4 Å². The van der Waals surface area contributed by atoms with E-state index in [1.807, 2.05) is 0 Å². The molecule has 0 aliphatic heterocycles. The van der Waals surface area contributed by atoms with E-state index in [4.69, 9.17) is 26.0 Å². The summed E-state index contributed by atoms with van der Waals surface area (Å²) in [4.78, 5) is 4.36. The van der Waals surface area contributed by atoms with Crippen molar-refractivity contribution in [2.24, 2.45) is 7.05 Å². The van der Waals surface area contributed by atoms with Crippen LogP contribution in [0.2, 0.25) is 5.22 Å². The molecule has 4 aromatic heterocycles. The van der Waals surface area contributed by atoms with Crippen molar-refractivity contribution in [1.29, 1.82) is 0 Å². The molecule has 0 saturated carbocycles. The molecule has 0 amide bonds. The van der Waals surface area contributed by atoms with E-state index in [0.717, 1.165) is 5.56 Å². The molecule has 0 aromatic carbocycles. The lowest BCUT2D eigenvalue weighted by molar-refractivity contribution is 0.398. The normalized spacial score (nSPS) is 12.1. The molecular weight excluding hydrogens is 372 g/mol. The van der Waals surface area contributed by atoms with Gasteiger partial charge in [-0.1, -0.05) is 25.9 Å². The maximum absolute atomic E-state index is 5.85. The zero-order valence-electron chi connectivity index (χ0n) is 15.4. The Morgan fingerprint density at radius 2 is 1.96 bits per heavy atom. The molecule has 0 fully saturated rings. The van der Waals surface area contributed by atoms with E-state index < -0.39 is 0 Å². The van der Waals surface area contributed by atoms with Gasteiger partial charge >= 0.3 is 0 Å². The Labute approximate surface area is 159 Å². The monoisotopic (exact) mass is 388 g/mol. The highest BCUT2D eigenvalue weighted by molar-refractivity contribution is 6.29. The van der Waals surface area contributed by atoms with Gasteiger partial charge in [-0.25, -0.2) is 9.67 Å². The minimum atomic E-state index is -0.301. The van der Waals surface area contributed by atoms with Crippen LogP contribution in [0.15, 0.2) is 16.9 Å². The molecule has 0 saturated heterocycles. The van der Waals surface area contributed by atoms with Crippen molar-refractivity contribution in [2.75, 3.05) is 7.11 Å². The molecule has 0 unspecified atom stereocenters. The van der Waals surface area contributed by atoms with Crippen molar-refractivity contribution in [3.8, 4) is 28.8 Å². The van der Waals surface area contributed by atoms with Crippen LogP contribution in [0.25, 0.3) is 28.7 Å². The molecule has 0 aliphatic carbocycles. The fourth-order valence-corrected chi connectivity index (χ4v) is 3.10. The maximum atomic E-state index is 5.85. The number of hydrogen-bond donors (Lipinski definition) is 0. The molecular formula is C16H17ClN8O2. The Bertz CT molecular complexity index is 1140. The molecule has 10 nitrogen and oxygen atoms in total. The van der Waals surface area contributed by atoms with Crippen molar-refractivity contribution >= 4 is 17.2 Å². The van der Waals surface area contributed by atoms with E-state index >= 15 is 0 Å². The fourth-order valence-electron chi connectivity index (χ4n) is 2.96. The summed E-state index contributed by atoms with van der Waals surface area (Å²) in [7, 11) is 3.39. The van der Waals surface area contributed by atoms with Crippen LogP contribution in [-0.2, 0) is 12.5 Å². The van der Waals surface area contributed by atoms with Crippen LogP contribution in [-0.4, -0.2) is 46.8 Å². The van der Waals surface area contributed by atoms with Crippen molar-refractivity contribution in [2.45, 2.75) is 26.2 Å². The predicted molar refractivity (Wildman–Crippen MR) is 96.5 cm³/mol. The average molecular weight is 389 g/mol. The van der Waals surface area contributed by atoms with Gasteiger partial charge in [-0.15, -0.1) is 10.2 Å². The molecule has 0 radical (unpaired) electrons. The van der Waals surface area contributed by atoms with E-state index in [2.05, 4.69) is 46.2 Å². The van der Waals surface area contributed by atoms with Gasteiger partial charge in [0.1, 0.15) is 12.0 Å². The topological polar surface area (TPSA) is 109 Å². The quantitative estimate of drug-likeness (QED) is 0.526. The largest absolute Gasteiger partial charge is 0.492 e. The summed E-state index contributed by atoms with van der Waals surface area (Å²) in [5.41, 5.74) is 2.04. The minimum Gasteiger partial charge on any atom is -0.492 e. The van der Waals surface area contributed by atoms with Gasteiger partial charge in [-0.05, 0) is 17.0 Å². The van der Waals surface area contributed by atoms with Crippen LogP contribution in [0.1, 0.15) is 26.3 Å². The number of fused-ring (bicyclic) bond motifs is 1. The van der Waals surface area contributed by atoms with Crippen LogP contribution >= 0.6 is 11.6 Å². The third-order valence-corrected chi connectivity index (χ3v) is 4.27. The Morgan fingerprint density at radius 3 is 2.52 bits per heavy atom. The SMILES string of the molecule is COc1c(C(C)(C)C)c(-c2ncnn2C)nn2c(-c3cc(Cl)on3)nnc12. The van der Waals surface area contributed by atoms with Crippen LogP contribution in [0.4, 0.5) is 0 Å². The molecule has 4 rings (SSSR count). The summed E-state index contributed by atoms with van der Waals surface area (Å²) in [6.07, 6.45) is 1.48. The van der Waals surface area contributed by atoms with Gasteiger partial charge in [-0.3, -0.25) is 0 Å². The highest BCUT2D eigenvalue weighted by Crippen LogP contribution is 2.40. The number of rotatable bonds is 3. The maximum Gasteiger partial charge on any atom is 0.226 e. The second-order valence-corrected chi connectivity index (χ2v) is 7.36. The Kier molecular flexibility index (Phi) is 3.88. The van der Waals surface area contributed by atoms with Crippen molar-refractivity contribution in [1.82, 2.24) is 39.7 Å². The van der Waals surface area contributed by atoms with E-state index in [9.17, 15) is 0 Å². The number of aryl methyl sites for hydroxylation is 1. The third kappa shape index (κ3) is 2.72. The van der Waals surface area contributed by atoms with Crippen LogP contribution < -0.4 is 4.74 Å². The van der Waals surface area contributed by atoms with E-state index in [0.29, 0.717) is 34.4 Å². The summed E-state index contributed by atoms with van der Waals surface area (Å²) in [5.74, 6) is 1.53. The number of aromatic nitrogens is 8. The lowest BCUT2D eigenvalue weighted by atomic mass is 9.85. The van der Waals surface area contributed by atoms with E-state index in [-0.39, 0.29) is 10.6 Å². The van der Waals surface area contributed by atoms with Crippen LogP contribution in [0.3, 0.4) is 0 Å². The summed E-state index contributed by atoms with van der Waals surface area (Å²) >= 11 is 5.85. The minimum absolute atomic E-state index is 0.147. The number of halogens is 1.